The van der Waals surface area contributed by atoms with E-state index in [9.17, 15) is 19.5 Å². The van der Waals surface area contributed by atoms with Crippen LogP contribution in [0.3, 0.4) is 0 Å². The number of hydrogen-bond donors (Lipinski definition) is 2. The van der Waals surface area contributed by atoms with Gasteiger partial charge in [-0.25, -0.2) is 4.79 Å². The van der Waals surface area contributed by atoms with Gasteiger partial charge in [-0.3, -0.25) is 14.6 Å². The predicted octanol–water partition coefficient (Wildman–Crippen LogP) is 2.58. The second kappa shape index (κ2) is 9.99. The van der Waals surface area contributed by atoms with Crippen LogP contribution in [0.25, 0.3) is 5.76 Å². The third-order valence-electron chi connectivity index (χ3n) is 6.16. The first-order chi connectivity index (χ1) is 15.8. The van der Waals surface area contributed by atoms with Crippen LogP contribution in [0, 0.1) is 13.8 Å². The van der Waals surface area contributed by atoms with E-state index in [4.69, 9.17) is 4.74 Å². The molecule has 1 aliphatic rings. The number of methoxy groups -OCH3 is 1. The van der Waals surface area contributed by atoms with E-state index in [1.54, 1.807) is 38.4 Å². The zero-order valence-corrected chi connectivity index (χ0v) is 19.6. The number of pyridine rings is 1. The Morgan fingerprint density at radius 2 is 1.97 bits per heavy atom. The Bertz CT molecular complexity index is 1090. The molecule has 3 rings (SSSR count). The number of carbonyl (C=O) groups is 3. The number of ketones is 1. The monoisotopic (exact) mass is 454 g/mol. The van der Waals surface area contributed by atoms with Crippen molar-refractivity contribution in [2.45, 2.75) is 33.7 Å². The number of nitrogens with one attached hydrogen (secondary N) is 1. The first-order valence-corrected chi connectivity index (χ1v) is 10.9. The lowest BCUT2D eigenvalue weighted by Gasteiger charge is -2.28. The van der Waals surface area contributed by atoms with Crippen molar-refractivity contribution in [1.29, 1.82) is 0 Å². The summed E-state index contributed by atoms with van der Waals surface area (Å²) in [7, 11) is 1.27. The highest BCUT2D eigenvalue weighted by atomic mass is 16.5. The number of aryl methyl sites for hydroxylation is 1. The summed E-state index contributed by atoms with van der Waals surface area (Å²) in [6.45, 7) is 9.95. The molecule has 1 amide bonds. The number of hydrogen-bond acceptors (Lipinski definition) is 7. The number of aromatic nitrogens is 2. The molecular weight excluding hydrogens is 424 g/mol. The molecule has 9 heteroatoms. The van der Waals surface area contributed by atoms with Crippen LogP contribution in [0.1, 0.15) is 52.8 Å². The van der Waals surface area contributed by atoms with E-state index in [0.29, 0.717) is 35.5 Å². The van der Waals surface area contributed by atoms with Crippen molar-refractivity contribution >= 4 is 23.4 Å². The number of rotatable bonds is 8. The zero-order valence-electron chi connectivity index (χ0n) is 19.6. The fourth-order valence-electron chi connectivity index (χ4n) is 4.33. The third kappa shape index (κ3) is 4.41. The minimum absolute atomic E-state index is 0.0193. The van der Waals surface area contributed by atoms with Crippen LogP contribution in [0.4, 0.5) is 0 Å². The van der Waals surface area contributed by atoms with Crippen molar-refractivity contribution in [3.63, 3.8) is 0 Å². The maximum Gasteiger partial charge on any atom is 0.354 e. The van der Waals surface area contributed by atoms with Gasteiger partial charge in [-0.15, -0.1) is 0 Å². The fourth-order valence-corrected chi connectivity index (χ4v) is 4.33. The number of likely N-dealkylation sites (tertiary alicyclic amines) is 1. The Morgan fingerprint density at radius 1 is 1.27 bits per heavy atom. The van der Waals surface area contributed by atoms with E-state index in [1.165, 1.54) is 12.0 Å². The molecule has 0 bridgehead atoms. The molecule has 0 aliphatic carbocycles. The topological polar surface area (TPSA) is 116 Å². The lowest BCUT2D eigenvalue weighted by atomic mass is 9.95. The highest BCUT2D eigenvalue weighted by molar-refractivity contribution is 6.46. The summed E-state index contributed by atoms with van der Waals surface area (Å²) in [4.78, 5) is 49.1. The summed E-state index contributed by atoms with van der Waals surface area (Å²) in [5, 5.41) is 11.3. The van der Waals surface area contributed by atoms with Gasteiger partial charge in [-0.1, -0.05) is 19.9 Å². The van der Waals surface area contributed by atoms with Crippen LogP contribution < -0.4 is 0 Å². The zero-order chi connectivity index (χ0) is 24.3. The molecule has 1 atom stereocenters. The molecule has 3 heterocycles. The number of ether oxygens (including phenoxy) is 1. The van der Waals surface area contributed by atoms with Crippen molar-refractivity contribution < 1.29 is 24.2 Å². The second-order valence-corrected chi connectivity index (χ2v) is 7.92. The Balaban J connectivity index is 2.16. The van der Waals surface area contributed by atoms with Crippen LogP contribution in [0.2, 0.25) is 0 Å². The maximum atomic E-state index is 13.2. The summed E-state index contributed by atoms with van der Waals surface area (Å²) in [6.07, 6.45) is 3.19. The first kappa shape index (κ1) is 24.2. The fraction of sp³-hybridized carbons (Fsp3) is 0.417. The highest BCUT2D eigenvalue weighted by Crippen LogP contribution is 2.40. The lowest BCUT2D eigenvalue weighted by Crippen LogP contribution is -2.38. The highest BCUT2D eigenvalue weighted by Gasteiger charge is 2.46. The standard InChI is InChI=1S/C24H30N4O5/c1-6-27(7-2)11-12-28-20(16-9-8-10-25-13-16)18(22(30)23(28)31)21(29)17-14(3)19(24(32)33-5)26-15(17)4/h8-10,13,20,26,29H,6-7,11-12H2,1-5H3. The summed E-state index contributed by atoms with van der Waals surface area (Å²) < 4.78 is 4.80. The molecule has 176 valence electrons. The third-order valence-corrected chi connectivity index (χ3v) is 6.16. The predicted molar refractivity (Wildman–Crippen MR) is 123 cm³/mol. The molecule has 0 spiro atoms. The van der Waals surface area contributed by atoms with E-state index in [1.807, 2.05) is 13.8 Å². The van der Waals surface area contributed by atoms with Crippen LogP contribution in [-0.4, -0.2) is 75.8 Å². The molecule has 2 N–H and O–H groups in total. The number of amides is 1. The van der Waals surface area contributed by atoms with Crippen molar-refractivity contribution in [3.05, 3.63) is 58.2 Å². The number of nitrogens with zero attached hydrogens (tertiary/aromatic N) is 3. The molecule has 1 unspecified atom stereocenters. The minimum Gasteiger partial charge on any atom is -0.507 e. The summed E-state index contributed by atoms with van der Waals surface area (Å²) in [6, 6.07) is 2.71. The molecule has 9 nitrogen and oxygen atoms in total. The van der Waals surface area contributed by atoms with Crippen LogP contribution >= 0.6 is 0 Å². The average molecular weight is 455 g/mol. The Kier molecular flexibility index (Phi) is 7.33. The van der Waals surface area contributed by atoms with Gasteiger partial charge in [0.05, 0.1) is 18.7 Å². The second-order valence-electron chi connectivity index (χ2n) is 7.92. The molecule has 1 aliphatic heterocycles. The minimum atomic E-state index is -0.787. The van der Waals surface area contributed by atoms with Gasteiger partial charge in [0.2, 0.25) is 0 Å². The summed E-state index contributed by atoms with van der Waals surface area (Å²) in [5.74, 6) is -2.34. The van der Waals surface area contributed by atoms with Crippen LogP contribution in [0.5, 0.6) is 0 Å². The van der Waals surface area contributed by atoms with Gasteiger partial charge in [-0.05, 0) is 44.1 Å². The van der Waals surface area contributed by atoms with Crippen molar-refractivity contribution in [1.82, 2.24) is 19.8 Å². The Labute approximate surface area is 193 Å². The smallest absolute Gasteiger partial charge is 0.354 e. The van der Waals surface area contributed by atoms with Crippen molar-refractivity contribution in [2.24, 2.45) is 0 Å². The van der Waals surface area contributed by atoms with E-state index >= 15 is 0 Å². The molecule has 1 saturated heterocycles. The molecule has 33 heavy (non-hydrogen) atoms. The molecule has 0 radical (unpaired) electrons. The SMILES string of the molecule is CCN(CC)CCN1C(=O)C(=O)C(=C(O)c2c(C)[nH]c(C(=O)OC)c2C)C1c1cccnc1. The van der Waals surface area contributed by atoms with Crippen molar-refractivity contribution in [2.75, 3.05) is 33.3 Å². The van der Waals surface area contributed by atoms with Crippen LogP contribution in [0.15, 0.2) is 30.1 Å². The van der Waals surface area contributed by atoms with Crippen molar-refractivity contribution in [3.8, 4) is 0 Å². The van der Waals surface area contributed by atoms with E-state index in [-0.39, 0.29) is 17.0 Å². The molecule has 2 aromatic rings. The maximum absolute atomic E-state index is 13.2. The molecule has 0 aromatic carbocycles. The number of aliphatic hydroxyl groups excluding tert-OH is 1. The van der Waals surface area contributed by atoms with E-state index in [2.05, 4.69) is 14.9 Å². The number of aliphatic hydroxyl groups is 1. The number of carbonyl (C=O) groups excluding carboxylic acids is 3. The van der Waals surface area contributed by atoms with Crippen LogP contribution in [-0.2, 0) is 14.3 Å². The van der Waals surface area contributed by atoms with E-state index in [0.717, 1.165) is 13.1 Å². The molecule has 2 aromatic heterocycles. The quantitative estimate of drug-likeness (QED) is 0.273. The lowest BCUT2D eigenvalue weighted by molar-refractivity contribution is -0.140. The largest absolute Gasteiger partial charge is 0.507 e. The Hall–Kier alpha value is -3.46. The first-order valence-electron chi connectivity index (χ1n) is 10.9. The number of H-pyrrole nitrogens is 1. The van der Waals surface area contributed by atoms with Gasteiger partial charge < -0.3 is 24.6 Å². The summed E-state index contributed by atoms with van der Waals surface area (Å²) >= 11 is 0. The number of Topliss-reactive ketones (excluding diaryl/α,β-unsaturated/α-hetero) is 1. The normalized spacial score (nSPS) is 17.8. The number of likely N-dealkylation sites (N-methyl/N-ethyl adjacent to an activating group) is 1. The molecule has 0 saturated carbocycles. The number of aromatic amines is 1. The molecule has 1 fully saturated rings. The van der Waals surface area contributed by atoms with Gasteiger partial charge in [0.15, 0.2) is 0 Å². The van der Waals surface area contributed by atoms with Gasteiger partial charge >= 0.3 is 5.97 Å². The summed E-state index contributed by atoms with van der Waals surface area (Å²) in [5.41, 5.74) is 2.03. The van der Waals surface area contributed by atoms with Gasteiger partial charge in [-0.2, -0.15) is 0 Å². The number of esters is 1. The van der Waals surface area contributed by atoms with Gasteiger partial charge in [0, 0.05) is 36.7 Å². The van der Waals surface area contributed by atoms with Gasteiger partial charge in [0.25, 0.3) is 11.7 Å². The van der Waals surface area contributed by atoms with E-state index < -0.39 is 23.7 Å². The molecular formula is C24H30N4O5. The van der Waals surface area contributed by atoms with Gasteiger partial charge in [0.1, 0.15) is 11.5 Å². The Morgan fingerprint density at radius 3 is 2.55 bits per heavy atom. The average Bonchev–Trinajstić information content (AvgIpc) is 3.26.